The van der Waals surface area contributed by atoms with Crippen molar-refractivity contribution in [2.75, 3.05) is 13.2 Å². The second-order valence-corrected chi connectivity index (χ2v) is 9.33. The number of aromatic hydroxyl groups is 2. The summed E-state index contributed by atoms with van der Waals surface area (Å²) in [7, 11) is 0. The fourth-order valence-electron chi connectivity index (χ4n) is 4.09. The number of thiazole rings is 1. The first-order valence-electron chi connectivity index (χ1n) is 10.7. The third-order valence-corrected chi connectivity index (χ3v) is 6.99. The maximum atomic E-state index is 13.5. The number of ketones is 1. The van der Waals surface area contributed by atoms with E-state index in [2.05, 4.69) is 4.98 Å². The van der Waals surface area contributed by atoms with Crippen LogP contribution in [-0.2, 0) is 0 Å². The van der Waals surface area contributed by atoms with E-state index in [1.54, 1.807) is 43.3 Å². The Balaban J connectivity index is 1.64. The van der Waals surface area contributed by atoms with Gasteiger partial charge in [0.25, 0.3) is 0 Å². The lowest BCUT2D eigenvalue weighted by molar-refractivity contribution is 0.101. The van der Waals surface area contributed by atoms with Crippen LogP contribution < -0.4 is 9.47 Å². The molecule has 0 atom stereocenters. The second-order valence-electron chi connectivity index (χ2n) is 7.91. The van der Waals surface area contributed by atoms with Gasteiger partial charge in [-0.3, -0.25) is 9.36 Å². The summed E-state index contributed by atoms with van der Waals surface area (Å²) in [5.41, 5.74) is 1.15. The molecule has 0 unspecified atom stereocenters. The number of hydrogen-bond donors (Lipinski definition) is 2. The van der Waals surface area contributed by atoms with Gasteiger partial charge in [-0.2, -0.15) is 0 Å². The lowest BCUT2D eigenvalue weighted by Crippen LogP contribution is -2.15. The number of carbonyl (C=O) groups is 1. The first-order chi connectivity index (χ1) is 16.9. The average Bonchev–Trinajstić information content (AvgIpc) is 3.55. The number of carbonyl (C=O) groups excluding carboxylic acids is 1. The number of ether oxygens (including phenoxy) is 2. The van der Waals surface area contributed by atoms with Gasteiger partial charge in [-0.25, -0.2) is 4.98 Å². The van der Waals surface area contributed by atoms with Crippen LogP contribution in [0.4, 0.5) is 0 Å². The fraction of sp³-hybridized carbons (Fsp3) is 0.120. The summed E-state index contributed by atoms with van der Waals surface area (Å²) in [5.74, 6) is -0.0862. The molecule has 0 radical (unpaired) electrons. The highest BCUT2D eigenvalue weighted by Crippen LogP contribution is 2.47. The Labute approximate surface area is 207 Å². The molecule has 6 rings (SSSR count). The quantitative estimate of drug-likeness (QED) is 0.299. The van der Waals surface area contributed by atoms with Gasteiger partial charge >= 0.3 is 0 Å². The average molecular weight is 509 g/mol. The van der Waals surface area contributed by atoms with Crippen molar-refractivity contribution >= 4 is 38.9 Å². The molecule has 5 aromatic rings. The molecule has 2 aromatic carbocycles. The summed E-state index contributed by atoms with van der Waals surface area (Å²) >= 11 is 7.58. The number of furan rings is 1. The Kier molecular flexibility index (Phi) is 4.98. The van der Waals surface area contributed by atoms with Crippen LogP contribution in [0.1, 0.15) is 21.9 Å². The first-order valence-corrected chi connectivity index (χ1v) is 11.8. The Morgan fingerprint density at radius 1 is 1.09 bits per heavy atom. The molecule has 1 aliphatic rings. The zero-order chi connectivity index (χ0) is 24.3. The SMILES string of the molecule is Cc1ccc(C(=O)c2c(O)c(O)n(-c3nc4c(Cl)cccc4s3)c2-c2ccc3c(c2)OCCO3)o1. The third-order valence-electron chi connectivity index (χ3n) is 5.68. The van der Waals surface area contributed by atoms with Gasteiger partial charge in [-0.1, -0.05) is 29.0 Å². The van der Waals surface area contributed by atoms with Crippen LogP contribution in [0.5, 0.6) is 23.1 Å². The topological polar surface area (TPSA) is 107 Å². The van der Waals surface area contributed by atoms with Gasteiger partial charge in [-0.15, -0.1) is 0 Å². The molecule has 35 heavy (non-hydrogen) atoms. The van der Waals surface area contributed by atoms with Crippen molar-refractivity contribution in [1.29, 1.82) is 0 Å². The van der Waals surface area contributed by atoms with E-state index >= 15 is 0 Å². The minimum absolute atomic E-state index is 0.0288. The molecule has 0 saturated carbocycles. The minimum atomic E-state index is -0.589. The van der Waals surface area contributed by atoms with Crippen LogP contribution >= 0.6 is 22.9 Å². The van der Waals surface area contributed by atoms with Gasteiger partial charge in [0, 0.05) is 5.56 Å². The molecule has 2 N–H and O–H groups in total. The Hall–Kier alpha value is -3.95. The molecule has 0 fully saturated rings. The Morgan fingerprint density at radius 3 is 2.63 bits per heavy atom. The van der Waals surface area contributed by atoms with E-state index in [1.165, 1.54) is 22.0 Å². The highest BCUT2D eigenvalue weighted by Gasteiger charge is 2.33. The maximum absolute atomic E-state index is 13.5. The highest BCUT2D eigenvalue weighted by atomic mass is 35.5. The molecule has 0 bridgehead atoms. The zero-order valence-electron chi connectivity index (χ0n) is 18.2. The van der Waals surface area contributed by atoms with Crippen LogP contribution in [0.25, 0.3) is 26.6 Å². The summed E-state index contributed by atoms with van der Waals surface area (Å²) in [6.07, 6.45) is 0. The standard InChI is InChI=1S/C25H17ClN2O6S/c1-12-5-7-16(34-12)22(29)19-21(13-6-8-15-17(11-13)33-10-9-32-15)28(24(31)23(19)30)25-27-20-14(26)3-2-4-18(20)35-25/h2-8,11,30-31H,9-10H2,1H3. The Morgan fingerprint density at radius 2 is 1.89 bits per heavy atom. The fourth-order valence-corrected chi connectivity index (χ4v) is 5.37. The summed E-state index contributed by atoms with van der Waals surface area (Å²) in [6, 6.07) is 13.7. The van der Waals surface area contributed by atoms with E-state index in [1.807, 2.05) is 6.07 Å². The molecule has 176 valence electrons. The van der Waals surface area contributed by atoms with Gasteiger partial charge in [0.05, 0.1) is 21.0 Å². The van der Waals surface area contributed by atoms with E-state index in [0.717, 1.165) is 4.70 Å². The molecule has 1 aliphatic heterocycles. The number of nitrogens with zero attached hydrogens (tertiary/aromatic N) is 2. The summed E-state index contributed by atoms with van der Waals surface area (Å²) in [6.45, 7) is 2.52. The normalized spacial score (nSPS) is 12.9. The number of hydrogen-bond acceptors (Lipinski definition) is 8. The van der Waals surface area contributed by atoms with E-state index in [9.17, 15) is 15.0 Å². The second kappa shape index (κ2) is 8.07. The predicted octanol–water partition coefficient (Wildman–Crippen LogP) is 5.72. The van der Waals surface area contributed by atoms with Gasteiger partial charge in [0.1, 0.15) is 24.5 Å². The molecule has 4 heterocycles. The molecule has 0 amide bonds. The monoisotopic (exact) mass is 508 g/mol. The number of aromatic nitrogens is 2. The number of benzene rings is 2. The van der Waals surface area contributed by atoms with Crippen molar-refractivity contribution in [3.8, 4) is 39.5 Å². The molecule has 10 heteroatoms. The third kappa shape index (κ3) is 3.43. The van der Waals surface area contributed by atoms with Crippen molar-refractivity contribution in [3.05, 3.63) is 70.6 Å². The first kappa shape index (κ1) is 21.6. The molecular weight excluding hydrogens is 492 g/mol. The van der Waals surface area contributed by atoms with Gasteiger partial charge < -0.3 is 24.1 Å². The molecule has 3 aromatic heterocycles. The van der Waals surface area contributed by atoms with Crippen LogP contribution in [0.2, 0.25) is 5.02 Å². The van der Waals surface area contributed by atoms with Crippen LogP contribution in [-0.4, -0.2) is 38.8 Å². The van der Waals surface area contributed by atoms with Gasteiger partial charge in [0.15, 0.2) is 28.1 Å². The van der Waals surface area contributed by atoms with Crippen molar-refractivity contribution in [2.45, 2.75) is 6.92 Å². The number of rotatable bonds is 4. The summed E-state index contributed by atoms with van der Waals surface area (Å²) in [4.78, 5) is 18.1. The van der Waals surface area contributed by atoms with Crippen molar-refractivity contribution in [1.82, 2.24) is 9.55 Å². The van der Waals surface area contributed by atoms with Crippen LogP contribution in [0, 0.1) is 6.92 Å². The smallest absolute Gasteiger partial charge is 0.242 e. The zero-order valence-corrected chi connectivity index (χ0v) is 19.8. The van der Waals surface area contributed by atoms with Gasteiger partial charge in [0.2, 0.25) is 11.7 Å². The lowest BCUT2D eigenvalue weighted by Gasteiger charge is -2.19. The molecule has 0 saturated heterocycles. The number of aryl methyl sites for hydroxylation is 1. The van der Waals surface area contributed by atoms with Crippen LogP contribution in [0.3, 0.4) is 0 Å². The number of para-hydroxylation sites is 1. The highest BCUT2D eigenvalue weighted by molar-refractivity contribution is 7.21. The van der Waals surface area contributed by atoms with Gasteiger partial charge in [-0.05, 0) is 49.4 Å². The summed E-state index contributed by atoms with van der Waals surface area (Å²) < 4.78 is 19.0. The molecular formula is C25H17ClN2O6S. The molecule has 0 aliphatic carbocycles. The molecule has 8 nitrogen and oxygen atoms in total. The van der Waals surface area contributed by atoms with Crippen LogP contribution in [0.15, 0.2) is 52.9 Å². The van der Waals surface area contributed by atoms with Crippen molar-refractivity contribution in [3.63, 3.8) is 0 Å². The summed E-state index contributed by atoms with van der Waals surface area (Å²) in [5, 5.41) is 22.8. The predicted molar refractivity (Wildman–Crippen MR) is 131 cm³/mol. The lowest BCUT2D eigenvalue weighted by atomic mass is 10.0. The van der Waals surface area contributed by atoms with E-state index in [4.69, 9.17) is 25.5 Å². The van der Waals surface area contributed by atoms with Crippen molar-refractivity contribution < 1.29 is 28.9 Å². The minimum Gasteiger partial charge on any atom is -0.503 e. The number of fused-ring (bicyclic) bond motifs is 2. The van der Waals surface area contributed by atoms with E-state index in [-0.39, 0.29) is 17.0 Å². The molecule has 0 spiro atoms. The maximum Gasteiger partial charge on any atom is 0.242 e. The van der Waals surface area contributed by atoms with E-state index < -0.39 is 17.4 Å². The largest absolute Gasteiger partial charge is 0.503 e. The van der Waals surface area contributed by atoms with Crippen molar-refractivity contribution in [2.24, 2.45) is 0 Å². The number of halogens is 1. The Bertz CT molecular complexity index is 1630. The van der Waals surface area contributed by atoms with E-state index in [0.29, 0.717) is 51.7 Å².